The lowest BCUT2D eigenvalue weighted by Crippen LogP contribution is -2.47. The minimum Gasteiger partial charge on any atom is -0.396 e. The predicted molar refractivity (Wildman–Crippen MR) is 74.2 cm³/mol. The molecule has 0 aliphatic carbocycles. The van der Waals surface area contributed by atoms with E-state index in [0.29, 0.717) is 12.6 Å². The van der Waals surface area contributed by atoms with E-state index in [2.05, 4.69) is 5.32 Å². The van der Waals surface area contributed by atoms with Gasteiger partial charge in [-0.15, -0.1) is 0 Å². The molecule has 2 aliphatic rings. The van der Waals surface area contributed by atoms with Crippen LogP contribution in [0.4, 0.5) is 0 Å². The zero-order valence-corrected chi connectivity index (χ0v) is 11.8. The molecule has 0 aromatic carbocycles. The van der Waals surface area contributed by atoms with Crippen LogP contribution in [0.1, 0.15) is 25.7 Å². The Kier molecular flexibility index (Phi) is 6.24. The van der Waals surface area contributed by atoms with Crippen molar-refractivity contribution in [3.63, 3.8) is 0 Å². The number of ether oxygens (including phenoxy) is 2. The smallest absolute Gasteiger partial charge is 0.0951 e. The molecule has 4 nitrogen and oxygen atoms in total. The molecule has 2 atom stereocenters. The molecule has 0 saturated carbocycles. The van der Waals surface area contributed by atoms with E-state index in [1.807, 2.05) is 11.8 Å². The van der Waals surface area contributed by atoms with Gasteiger partial charge in [0.05, 0.1) is 12.2 Å². The van der Waals surface area contributed by atoms with Gasteiger partial charge in [-0.1, -0.05) is 0 Å². The highest BCUT2D eigenvalue weighted by molar-refractivity contribution is 7.99. The molecule has 2 aliphatic heterocycles. The number of aliphatic hydroxyl groups is 1. The SMILES string of the molecule is OCCCSCCNC1CCOC2(CCOC2)C1. The number of rotatable bonds is 7. The van der Waals surface area contributed by atoms with E-state index < -0.39 is 0 Å². The minimum atomic E-state index is 0.0138. The summed E-state index contributed by atoms with van der Waals surface area (Å²) in [6, 6.07) is 0.582. The van der Waals surface area contributed by atoms with Crippen LogP contribution in [0.3, 0.4) is 0 Å². The average molecular weight is 275 g/mol. The minimum absolute atomic E-state index is 0.0138. The van der Waals surface area contributed by atoms with Crippen molar-refractivity contribution in [1.29, 1.82) is 0 Å². The van der Waals surface area contributed by atoms with Crippen LogP contribution in [-0.4, -0.2) is 61.2 Å². The van der Waals surface area contributed by atoms with Crippen LogP contribution in [0.15, 0.2) is 0 Å². The largest absolute Gasteiger partial charge is 0.396 e. The van der Waals surface area contributed by atoms with Gasteiger partial charge in [0.25, 0.3) is 0 Å². The maximum atomic E-state index is 8.69. The molecule has 0 amide bonds. The Morgan fingerprint density at radius 1 is 1.33 bits per heavy atom. The maximum absolute atomic E-state index is 8.69. The summed E-state index contributed by atoms with van der Waals surface area (Å²) in [5.74, 6) is 2.19. The van der Waals surface area contributed by atoms with Crippen molar-refractivity contribution in [3.05, 3.63) is 0 Å². The standard InChI is InChI=1S/C13H25NO3S/c15-5-1-8-18-9-4-14-12-2-6-17-13(10-12)3-7-16-11-13/h12,14-15H,1-11H2. The Hall–Kier alpha value is 0.190. The molecule has 2 heterocycles. The van der Waals surface area contributed by atoms with Gasteiger partial charge in [-0.3, -0.25) is 0 Å². The Bertz CT molecular complexity index is 234. The van der Waals surface area contributed by atoms with Crippen LogP contribution < -0.4 is 5.32 Å². The molecular formula is C13H25NO3S. The van der Waals surface area contributed by atoms with Crippen LogP contribution in [0.25, 0.3) is 0 Å². The summed E-state index contributed by atoms with van der Waals surface area (Å²) in [7, 11) is 0. The quantitative estimate of drug-likeness (QED) is 0.680. The van der Waals surface area contributed by atoms with Crippen LogP contribution in [0.5, 0.6) is 0 Å². The molecule has 2 rings (SSSR count). The summed E-state index contributed by atoms with van der Waals surface area (Å²) in [6.07, 6.45) is 4.16. The second-order valence-electron chi connectivity index (χ2n) is 5.17. The molecule has 2 unspecified atom stereocenters. The molecule has 2 saturated heterocycles. The zero-order valence-electron chi connectivity index (χ0n) is 11.0. The molecule has 0 aromatic rings. The second-order valence-corrected chi connectivity index (χ2v) is 6.39. The third-order valence-corrected chi connectivity index (χ3v) is 4.76. The fourth-order valence-electron chi connectivity index (χ4n) is 2.67. The van der Waals surface area contributed by atoms with E-state index in [9.17, 15) is 0 Å². The number of thioether (sulfide) groups is 1. The van der Waals surface area contributed by atoms with Gasteiger partial charge in [-0.2, -0.15) is 11.8 Å². The highest BCUT2D eigenvalue weighted by Crippen LogP contribution is 2.32. The Labute approximate surface area is 114 Å². The maximum Gasteiger partial charge on any atom is 0.0951 e. The molecular weight excluding hydrogens is 250 g/mol. The van der Waals surface area contributed by atoms with Gasteiger partial charge in [-0.05, 0) is 25.0 Å². The fraction of sp³-hybridized carbons (Fsp3) is 1.00. The average Bonchev–Trinajstić information content (AvgIpc) is 2.82. The van der Waals surface area contributed by atoms with Gasteiger partial charge in [0.15, 0.2) is 0 Å². The van der Waals surface area contributed by atoms with Crippen LogP contribution in [-0.2, 0) is 9.47 Å². The molecule has 2 fully saturated rings. The molecule has 2 N–H and O–H groups in total. The first-order chi connectivity index (χ1) is 8.85. The lowest BCUT2D eigenvalue weighted by Gasteiger charge is -2.37. The summed E-state index contributed by atoms with van der Waals surface area (Å²) < 4.78 is 11.4. The molecule has 0 aromatic heterocycles. The first-order valence-corrected chi connectivity index (χ1v) is 8.14. The van der Waals surface area contributed by atoms with Gasteiger partial charge in [0.1, 0.15) is 0 Å². The molecule has 18 heavy (non-hydrogen) atoms. The highest BCUT2D eigenvalue weighted by atomic mass is 32.2. The van der Waals surface area contributed by atoms with Crippen molar-refractivity contribution >= 4 is 11.8 Å². The third-order valence-electron chi connectivity index (χ3n) is 3.69. The molecule has 0 bridgehead atoms. The number of hydrogen-bond acceptors (Lipinski definition) is 5. The normalized spacial score (nSPS) is 32.2. The summed E-state index contributed by atoms with van der Waals surface area (Å²) >= 11 is 1.91. The van der Waals surface area contributed by atoms with Crippen LogP contribution in [0, 0.1) is 0 Å². The van der Waals surface area contributed by atoms with Gasteiger partial charge in [0.2, 0.25) is 0 Å². The van der Waals surface area contributed by atoms with Crippen molar-refractivity contribution in [2.75, 3.05) is 44.5 Å². The Balaban J connectivity index is 1.58. The zero-order chi connectivity index (χ0) is 12.7. The van der Waals surface area contributed by atoms with Crippen molar-refractivity contribution < 1.29 is 14.6 Å². The second kappa shape index (κ2) is 7.70. The molecule has 106 valence electrons. The number of aliphatic hydroxyl groups excluding tert-OH is 1. The van der Waals surface area contributed by atoms with Crippen molar-refractivity contribution in [2.24, 2.45) is 0 Å². The van der Waals surface area contributed by atoms with E-state index in [4.69, 9.17) is 14.6 Å². The summed E-state index contributed by atoms with van der Waals surface area (Å²) in [6.45, 7) is 3.85. The topological polar surface area (TPSA) is 50.7 Å². The third kappa shape index (κ3) is 4.38. The summed E-state index contributed by atoms with van der Waals surface area (Å²) in [5, 5.41) is 12.3. The van der Waals surface area contributed by atoms with E-state index in [0.717, 1.165) is 63.6 Å². The molecule has 1 spiro atoms. The Morgan fingerprint density at radius 3 is 3.06 bits per heavy atom. The first-order valence-electron chi connectivity index (χ1n) is 6.98. The molecule has 0 radical (unpaired) electrons. The van der Waals surface area contributed by atoms with Gasteiger partial charge < -0.3 is 19.9 Å². The van der Waals surface area contributed by atoms with Gasteiger partial charge in [0, 0.05) is 44.6 Å². The fourth-order valence-corrected chi connectivity index (χ4v) is 3.47. The lowest BCUT2D eigenvalue weighted by molar-refractivity contribution is -0.0890. The van der Waals surface area contributed by atoms with Crippen molar-refractivity contribution in [1.82, 2.24) is 5.32 Å². The van der Waals surface area contributed by atoms with Crippen LogP contribution >= 0.6 is 11.8 Å². The lowest BCUT2D eigenvalue weighted by atomic mass is 9.90. The van der Waals surface area contributed by atoms with Crippen molar-refractivity contribution in [2.45, 2.75) is 37.3 Å². The number of hydrogen-bond donors (Lipinski definition) is 2. The monoisotopic (exact) mass is 275 g/mol. The van der Waals surface area contributed by atoms with Crippen LogP contribution in [0.2, 0.25) is 0 Å². The summed E-state index contributed by atoms with van der Waals surface area (Å²) in [4.78, 5) is 0. The van der Waals surface area contributed by atoms with Crippen molar-refractivity contribution in [3.8, 4) is 0 Å². The van der Waals surface area contributed by atoms with E-state index in [1.165, 1.54) is 0 Å². The molecule has 5 heteroatoms. The highest BCUT2D eigenvalue weighted by Gasteiger charge is 2.40. The predicted octanol–water partition coefficient (Wildman–Crippen LogP) is 1.03. The summed E-state index contributed by atoms with van der Waals surface area (Å²) in [5.41, 5.74) is 0.0138. The first kappa shape index (κ1) is 14.6. The van der Waals surface area contributed by atoms with E-state index in [-0.39, 0.29) is 5.60 Å². The number of nitrogens with one attached hydrogen (secondary N) is 1. The van der Waals surface area contributed by atoms with E-state index >= 15 is 0 Å². The van der Waals surface area contributed by atoms with Gasteiger partial charge >= 0.3 is 0 Å². The van der Waals surface area contributed by atoms with Gasteiger partial charge in [-0.25, -0.2) is 0 Å². The van der Waals surface area contributed by atoms with E-state index in [1.54, 1.807) is 0 Å². The Morgan fingerprint density at radius 2 is 2.28 bits per heavy atom.